The Balaban J connectivity index is 1.96. The van der Waals surface area contributed by atoms with Crippen molar-refractivity contribution in [3.8, 4) is 5.75 Å². The third-order valence-electron chi connectivity index (χ3n) is 4.33. The lowest BCUT2D eigenvalue weighted by Gasteiger charge is -2.33. The molecule has 3 N–H and O–H groups in total. The van der Waals surface area contributed by atoms with E-state index in [-0.39, 0.29) is 0 Å². The molecular weight excluding hydrogens is 236 g/mol. The highest BCUT2D eigenvalue weighted by Gasteiger charge is 2.21. The average Bonchev–Trinajstić information content (AvgIpc) is 2.36. The fourth-order valence-corrected chi connectivity index (χ4v) is 3.03. The molecule has 1 aromatic carbocycles. The molecule has 2 rings (SSSR count). The van der Waals surface area contributed by atoms with Crippen LogP contribution >= 0.6 is 0 Å². The molecule has 1 saturated heterocycles. The number of likely N-dealkylation sites (tertiary alicyclic amines) is 1. The summed E-state index contributed by atoms with van der Waals surface area (Å²) in [7, 11) is 0. The van der Waals surface area contributed by atoms with Gasteiger partial charge in [-0.15, -0.1) is 0 Å². The molecule has 1 aliphatic heterocycles. The number of hydrogen-bond acceptors (Lipinski definition) is 3. The standard InChI is InChI=1S/C16H26N2O/c1-11-8-14(9-12(2)16(11)19)10-18-6-4-15(5-7-18)13(3)17/h8-9,13,15,19H,4-7,10,17H2,1-3H3. The second kappa shape index (κ2) is 5.93. The van der Waals surface area contributed by atoms with Crippen molar-refractivity contribution >= 4 is 0 Å². The van der Waals surface area contributed by atoms with E-state index in [0.29, 0.717) is 17.7 Å². The van der Waals surface area contributed by atoms with E-state index in [4.69, 9.17) is 5.73 Å². The van der Waals surface area contributed by atoms with E-state index in [1.165, 1.54) is 18.4 Å². The summed E-state index contributed by atoms with van der Waals surface area (Å²) in [5, 5.41) is 9.80. The molecule has 1 heterocycles. The third kappa shape index (κ3) is 3.48. The molecular formula is C16H26N2O. The Morgan fingerprint density at radius 2 is 1.79 bits per heavy atom. The second-order valence-electron chi connectivity index (χ2n) is 6.05. The number of aromatic hydroxyl groups is 1. The van der Waals surface area contributed by atoms with Gasteiger partial charge in [0.05, 0.1) is 0 Å². The number of nitrogens with two attached hydrogens (primary N) is 1. The maximum Gasteiger partial charge on any atom is 0.121 e. The first-order valence-corrected chi connectivity index (χ1v) is 7.24. The minimum Gasteiger partial charge on any atom is -0.507 e. The molecule has 0 aliphatic carbocycles. The van der Waals surface area contributed by atoms with Crippen molar-refractivity contribution in [2.75, 3.05) is 13.1 Å². The molecule has 1 unspecified atom stereocenters. The predicted molar refractivity (Wildman–Crippen MR) is 79.2 cm³/mol. The maximum absolute atomic E-state index is 9.80. The summed E-state index contributed by atoms with van der Waals surface area (Å²) in [6.07, 6.45) is 2.40. The van der Waals surface area contributed by atoms with Crippen LogP contribution in [0, 0.1) is 19.8 Å². The Morgan fingerprint density at radius 3 is 2.26 bits per heavy atom. The fourth-order valence-electron chi connectivity index (χ4n) is 3.03. The summed E-state index contributed by atoms with van der Waals surface area (Å²) < 4.78 is 0. The lowest BCUT2D eigenvalue weighted by Crippen LogP contribution is -2.39. The second-order valence-corrected chi connectivity index (χ2v) is 6.05. The molecule has 1 atom stereocenters. The van der Waals surface area contributed by atoms with Crippen LogP contribution in [0.3, 0.4) is 0 Å². The van der Waals surface area contributed by atoms with E-state index < -0.39 is 0 Å². The monoisotopic (exact) mass is 262 g/mol. The Kier molecular flexibility index (Phi) is 4.48. The van der Waals surface area contributed by atoms with Gasteiger partial charge >= 0.3 is 0 Å². The number of hydrogen-bond donors (Lipinski definition) is 2. The summed E-state index contributed by atoms with van der Waals surface area (Å²) in [4.78, 5) is 2.49. The van der Waals surface area contributed by atoms with Crippen LogP contribution in [0.2, 0.25) is 0 Å². The van der Waals surface area contributed by atoms with E-state index in [1.807, 2.05) is 13.8 Å². The molecule has 1 fully saturated rings. The number of aryl methyl sites for hydroxylation is 2. The largest absolute Gasteiger partial charge is 0.507 e. The van der Waals surface area contributed by atoms with Crippen molar-refractivity contribution in [3.05, 3.63) is 28.8 Å². The van der Waals surface area contributed by atoms with Crippen LogP contribution in [0.25, 0.3) is 0 Å². The Bertz CT molecular complexity index is 411. The minimum atomic E-state index is 0.320. The summed E-state index contributed by atoms with van der Waals surface area (Å²) in [6.45, 7) is 9.29. The first kappa shape index (κ1) is 14.4. The highest BCUT2D eigenvalue weighted by Crippen LogP contribution is 2.25. The summed E-state index contributed by atoms with van der Waals surface area (Å²) in [5.74, 6) is 1.11. The van der Waals surface area contributed by atoms with Gasteiger partial charge < -0.3 is 10.8 Å². The van der Waals surface area contributed by atoms with E-state index in [2.05, 4.69) is 24.0 Å². The SMILES string of the molecule is Cc1cc(CN2CCC(C(C)N)CC2)cc(C)c1O. The van der Waals surface area contributed by atoms with Gasteiger partial charge in [-0.2, -0.15) is 0 Å². The summed E-state index contributed by atoms with van der Waals surface area (Å²) >= 11 is 0. The zero-order chi connectivity index (χ0) is 14.0. The Morgan fingerprint density at radius 1 is 1.26 bits per heavy atom. The zero-order valence-electron chi connectivity index (χ0n) is 12.3. The van der Waals surface area contributed by atoms with Gasteiger partial charge in [-0.05, 0) is 69.3 Å². The van der Waals surface area contributed by atoms with Crippen LogP contribution < -0.4 is 5.73 Å². The molecule has 1 aromatic rings. The first-order valence-electron chi connectivity index (χ1n) is 7.24. The maximum atomic E-state index is 9.80. The number of rotatable bonds is 3. The highest BCUT2D eigenvalue weighted by molar-refractivity contribution is 5.42. The van der Waals surface area contributed by atoms with Crippen LogP contribution in [-0.2, 0) is 6.54 Å². The first-order chi connectivity index (χ1) is 8.97. The number of benzene rings is 1. The minimum absolute atomic E-state index is 0.320. The van der Waals surface area contributed by atoms with Crippen LogP contribution in [0.15, 0.2) is 12.1 Å². The average molecular weight is 262 g/mol. The fraction of sp³-hybridized carbons (Fsp3) is 0.625. The molecule has 0 spiro atoms. The number of nitrogens with zero attached hydrogens (tertiary/aromatic N) is 1. The van der Waals surface area contributed by atoms with Gasteiger partial charge in [0, 0.05) is 12.6 Å². The van der Waals surface area contributed by atoms with Crippen molar-refractivity contribution < 1.29 is 5.11 Å². The van der Waals surface area contributed by atoms with Gasteiger partial charge in [0.2, 0.25) is 0 Å². The van der Waals surface area contributed by atoms with E-state index in [9.17, 15) is 5.11 Å². The van der Waals surface area contributed by atoms with Crippen molar-refractivity contribution in [3.63, 3.8) is 0 Å². The molecule has 3 heteroatoms. The highest BCUT2D eigenvalue weighted by atomic mass is 16.3. The molecule has 0 bridgehead atoms. The van der Waals surface area contributed by atoms with Gasteiger partial charge in [-0.1, -0.05) is 12.1 Å². The predicted octanol–water partition coefficient (Wildman–Crippen LogP) is 2.57. The van der Waals surface area contributed by atoms with Crippen molar-refractivity contribution in [2.24, 2.45) is 11.7 Å². The number of phenols is 1. The van der Waals surface area contributed by atoms with Crippen LogP contribution in [0.1, 0.15) is 36.5 Å². The molecule has 106 valence electrons. The lowest BCUT2D eigenvalue weighted by molar-refractivity contribution is 0.165. The quantitative estimate of drug-likeness (QED) is 0.880. The van der Waals surface area contributed by atoms with Crippen molar-refractivity contribution in [1.29, 1.82) is 0 Å². The summed E-state index contributed by atoms with van der Waals surface area (Å²) in [6, 6.07) is 4.51. The Labute approximate surface area is 116 Å². The molecule has 0 aromatic heterocycles. The van der Waals surface area contributed by atoms with Gasteiger partial charge in [-0.25, -0.2) is 0 Å². The normalized spacial score (nSPS) is 19.6. The lowest BCUT2D eigenvalue weighted by atomic mass is 9.90. The zero-order valence-corrected chi connectivity index (χ0v) is 12.3. The van der Waals surface area contributed by atoms with Crippen LogP contribution in [0.5, 0.6) is 5.75 Å². The Hall–Kier alpha value is -1.06. The topological polar surface area (TPSA) is 49.5 Å². The summed E-state index contributed by atoms with van der Waals surface area (Å²) in [5.41, 5.74) is 9.22. The van der Waals surface area contributed by atoms with Gasteiger partial charge in [0.25, 0.3) is 0 Å². The molecule has 0 radical (unpaired) electrons. The molecule has 3 nitrogen and oxygen atoms in total. The molecule has 1 aliphatic rings. The van der Waals surface area contributed by atoms with E-state index >= 15 is 0 Å². The molecule has 19 heavy (non-hydrogen) atoms. The molecule has 0 saturated carbocycles. The smallest absolute Gasteiger partial charge is 0.121 e. The van der Waals surface area contributed by atoms with Crippen LogP contribution in [0.4, 0.5) is 0 Å². The van der Waals surface area contributed by atoms with Crippen LogP contribution in [-0.4, -0.2) is 29.1 Å². The number of piperidine rings is 1. The third-order valence-corrected chi connectivity index (χ3v) is 4.33. The van der Waals surface area contributed by atoms with Crippen molar-refractivity contribution in [1.82, 2.24) is 4.90 Å². The van der Waals surface area contributed by atoms with Gasteiger partial charge in [-0.3, -0.25) is 4.90 Å². The molecule has 0 amide bonds. The van der Waals surface area contributed by atoms with E-state index in [0.717, 1.165) is 30.8 Å². The van der Waals surface area contributed by atoms with Gasteiger partial charge in [0.15, 0.2) is 0 Å². The van der Waals surface area contributed by atoms with E-state index in [1.54, 1.807) is 0 Å². The number of phenolic OH excluding ortho intramolecular Hbond substituents is 1. The van der Waals surface area contributed by atoms with Gasteiger partial charge in [0.1, 0.15) is 5.75 Å². The van der Waals surface area contributed by atoms with Crippen molar-refractivity contribution in [2.45, 2.75) is 46.2 Å².